The predicted octanol–water partition coefficient (Wildman–Crippen LogP) is 1.30. The van der Waals surface area contributed by atoms with Gasteiger partial charge < -0.3 is 19.7 Å². The van der Waals surface area contributed by atoms with Gasteiger partial charge in [0.1, 0.15) is 0 Å². The zero-order chi connectivity index (χ0) is 15.9. The van der Waals surface area contributed by atoms with Crippen molar-refractivity contribution in [3.8, 4) is 5.88 Å². The number of likely N-dealkylation sites (tertiary alicyclic amines) is 1. The van der Waals surface area contributed by atoms with E-state index in [1.54, 1.807) is 7.11 Å². The molecule has 0 aliphatic carbocycles. The summed E-state index contributed by atoms with van der Waals surface area (Å²) in [6, 6.07) is 4.49. The van der Waals surface area contributed by atoms with Gasteiger partial charge in [0.05, 0.1) is 32.2 Å². The molecule has 0 saturated carbocycles. The predicted molar refractivity (Wildman–Crippen MR) is 91.1 cm³/mol. The Balaban J connectivity index is 1.36. The van der Waals surface area contributed by atoms with E-state index >= 15 is 0 Å². The molecular weight excluding hydrogens is 292 g/mol. The molecular formula is C17H28N4O2. The summed E-state index contributed by atoms with van der Waals surface area (Å²) in [5, 5.41) is 3.59. The van der Waals surface area contributed by atoms with E-state index in [0.29, 0.717) is 11.9 Å². The summed E-state index contributed by atoms with van der Waals surface area (Å²) >= 11 is 0. The molecule has 0 aromatic carbocycles. The third kappa shape index (κ3) is 5.06. The van der Waals surface area contributed by atoms with Crippen LogP contribution in [0.25, 0.3) is 0 Å². The minimum atomic E-state index is 0.546. The lowest BCUT2D eigenvalue weighted by atomic mass is 10.0. The highest BCUT2D eigenvalue weighted by atomic mass is 16.5. The maximum absolute atomic E-state index is 5.40. The molecule has 0 unspecified atom stereocenters. The molecule has 128 valence electrons. The quantitative estimate of drug-likeness (QED) is 0.853. The van der Waals surface area contributed by atoms with Crippen LogP contribution in [-0.4, -0.2) is 80.4 Å². The van der Waals surface area contributed by atoms with Gasteiger partial charge in [-0.15, -0.1) is 0 Å². The zero-order valence-corrected chi connectivity index (χ0v) is 14.0. The average Bonchev–Trinajstić information content (AvgIpc) is 2.63. The number of morpholine rings is 1. The Morgan fingerprint density at radius 1 is 1.13 bits per heavy atom. The van der Waals surface area contributed by atoms with Crippen molar-refractivity contribution in [3.63, 3.8) is 0 Å². The number of nitrogens with one attached hydrogen (secondary N) is 1. The SMILES string of the molecule is COc1ccc(NC2CCN(CCN3CCOCC3)CC2)cn1. The first-order chi connectivity index (χ1) is 11.3. The Morgan fingerprint density at radius 3 is 2.43 bits per heavy atom. The van der Waals surface area contributed by atoms with Crippen molar-refractivity contribution in [2.75, 3.05) is 64.9 Å². The Bertz CT molecular complexity index is 454. The van der Waals surface area contributed by atoms with Crippen LogP contribution in [0.3, 0.4) is 0 Å². The molecule has 1 aromatic rings. The van der Waals surface area contributed by atoms with Crippen LogP contribution in [0.15, 0.2) is 18.3 Å². The number of hydrogen-bond donors (Lipinski definition) is 1. The van der Waals surface area contributed by atoms with E-state index in [2.05, 4.69) is 20.1 Å². The number of aromatic nitrogens is 1. The van der Waals surface area contributed by atoms with E-state index in [1.165, 1.54) is 39.0 Å². The van der Waals surface area contributed by atoms with Gasteiger partial charge >= 0.3 is 0 Å². The molecule has 6 heteroatoms. The molecule has 0 bridgehead atoms. The number of methoxy groups -OCH3 is 1. The van der Waals surface area contributed by atoms with Crippen molar-refractivity contribution in [2.24, 2.45) is 0 Å². The summed E-state index contributed by atoms with van der Waals surface area (Å²) in [6.07, 6.45) is 4.23. The van der Waals surface area contributed by atoms with Gasteiger partial charge in [0, 0.05) is 51.4 Å². The van der Waals surface area contributed by atoms with E-state index in [4.69, 9.17) is 9.47 Å². The van der Waals surface area contributed by atoms with E-state index in [0.717, 1.165) is 32.0 Å². The molecule has 6 nitrogen and oxygen atoms in total. The molecule has 2 fully saturated rings. The molecule has 0 radical (unpaired) electrons. The van der Waals surface area contributed by atoms with Gasteiger partial charge in [0.25, 0.3) is 0 Å². The number of anilines is 1. The number of nitrogens with zero attached hydrogens (tertiary/aromatic N) is 3. The highest BCUT2D eigenvalue weighted by Crippen LogP contribution is 2.17. The maximum Gasteiger partial charge on any atom is 0.213 e. The first-order valence-corrected chi connectivity index (χ1v) is 8.62. The molecule has 2 aliphatic heterocycles. The normalized spacial score (nSPS) is 21.3. The van der Waals surface area contributed by atoms with Gasteiger partial charge in [-0.2, -0.15) is 0 Å². The smallest absolute Gasteiger partial charge is 0.213 e. The molecule has 0 spiro atoms. The van der Waals surface area contributed by atoms with Crippen LogP contribution in [0, 0.1) is 0 Å². The Morgan fingerprint density at radius 2 is 1.83 bits per heavy atom. The minimum absolute atomic E-state index is 0.546. The minimum Gasteiger partial charge on any atom is -0.481 e. The van der Waals surface area contributed by atoms with Crippen LogP contribution in [0.1, 0.15) is 12.8 Å². The van der Waals surface area contributed by atoms with Crippen LogP contribution < -0.4 is 10.1 Å². The average molecular weight is 320 g/mol. The second kappa shape index (κ2) is 8.47. The zero-order valence-electron chi connectivity index (χ0n) is 14.0. The van der Waals surface area contributed by atoms with Crippen LogP contribution in [0.5, 0.6) is 5.88 Å². The van der Waals surface area contributed by atoms with E-state index in [-0.39, 0.29) is 0 Å². The number of rotatable bonds is 6. The fourth-order valence-corrected chi connectivity index (χ4v) is 3.23. The molecule has 2 saturated heterocycles. The second-order valence-corrected chi connectivity index (χ2v) is 6.30. The highest BCUT2D eigenvalue weighted by Gasteiger charge is 2.20. The molecule has 23 heavy (non-hydrogen) atoms. The number of pyridine rings is 1. The van der Waals surface area contributed by atoms with Gasteiger partial charge in [-0.25, -0.2) is 4.98 Å². The number of piperidine rings is 1. The first kappa shape index (κ1) is 16.5. The van der Waals surface area contributed by atoms with Crippen LogP contribution in [0.4, 0.5) is 5.69 Å². The summed E-state index contributed by atoms with van der Waals surface area (Å²) in [5.41, 5.74) is 1.08. The fraction of sp³-hybridized carbons (Fsp3) is 0.706. The monoisotopic (exact) mass is 320 g/mol. The van der Waals surface area contributed by atoms with Gasteiger partial charge in [0.2, 0.25) is 5.88 Å². The molecule has 3 heterocycles. The summed E-state index contributed by atoms with van der Waals surface area (Å²) < 4.78 is 10.5. The van der Waals surface area contributed by atoms with E-state index < -0.39 is 0 Å². The molecule has 2 aliphatic rings. The van der Waals surface area contributed by atoms with Crippen molar-refractivity contribution in [1.29, 1.82) is 0 Å². The summed E-state index contributed by atoms with van der Waals surface area (Å²) in [5.74, 6) is 0.661. The highest BCUT2D eigenvalue weighted by molar-refractivity contribution is 5.43. The van der Waals surface area contributed by atoms with Crippen molar-refractivity contribution in [2.45, 2.75) is 18.9 Å². The molecule has 3 rings (SSSR count). The maximum atomic E-state index is 5.40. The number of ether oxygens (including phenoxy) is 2. The Labute approximate surface area is 138 Å². The molecule has 0 amide bonds. The van der Waals surface area contributed by atoms with Crippen molar-refractivity contribution in [1.82, 2.24) is 14.8 Å². The van der Waals surface area contributed by atoms with Gasteiger partial charge in [-0.05, 0) is 18.9 Å². The van der Waals surface area contributed by atoms with Gasteiger partial charge in [-0.1, -0.05) is 0 Å². The molecule has 1 aromatic heterocycles. The summed E-state index contributed by atoms with van der Waals surface area (Å²) in [7, 11) is 1.64. The largest absolute Gasteiger partial charge is 0.481 e. The van der Waals surface area contributed by atoms with Crippen molar-refractivity contribution in [3.05, 3.63) is 18.3 Å². The lowest BCUT2D eigenvalue weighted by Gasteiger charge is -2.35. The van der Waals surface area contributed by atoms with Gasteiger partial charge in [-0.3, -0.25) is 4.90 Å². The van der Waals surface area contributed by atoms with Gasteiger partial charge in [0.15, 0.2) is 0 Å². The summed E-state index contributed by atoms with van der Waals surface area (Å²) in [4.78, 5) is 9.34. The van der Waals surface area contributed by atoms with Crippen molar-refractivity contribution >= 4 is 5.69 Å². The lowest BCUT2D eigenvalue weighted by molar-refractivity contribution is 0.0322. The van der Waals surface area contributed by atoms with Crippen LogP contribution in [0.2, 0.25) is 0 Å². The molecule has 1 N–H and O–H groups in total. The Kier molecular flexibility index (Phi) is 6.07. The topological polar surface area (TPSA) is 49.9 Å². The molecule has 0 atom stereocenters. The fourth-order valence-electron chi connectivity index (χ4n) is 3.23. The lowest BCUT2D eigenvalue weighted by Crippen LogP contribution is -2.45. The van der Waals surface area contributed by atoms with Crippen molar-refractivity contribution < 1.29 is 9.47 Å². The van der Waals surface area contributed by atoms with Crippen LogP contribution >= 0.6 is 0 Å². The van der Waals surface area contributed by atoms with E-state index in [9.17, 15) is 0 Å². The standard InChI is InChI=1S/C17H28N4O2/c1-22-17-3-2-16(14-18-17)19-15-4-6-20(7-5-15)8-9-21-10-12-23-13-11-21/h2-3,14-15,19H,4-13H2,1H3. The second-order valence-electron chi connectivity index (χ2n) is 6.30. The number of hydrogen-bond acceptors (Lipinski definition) is 6. The van der Waals surface area contributed by atoms with E-state index in [1.807, 2.05) is 18.3 Å². The van der Waals surface area contributed by atoms with Crippen LogP contribution in [-0.2, 0) is 4.74 Å². The summed E-state index contributed by atoms with van der Waals surface area (Å²) in [6.45, 7) is 8.65. The first-order valence-electron chi connectivity index (χ1n) is 8.62. The third-order valence-electron chi connectivity index (χ3n) is 4.74. The third-order valence-corrected chi connectivity index (χ3v) is 4.74. The Hall–Kier alpha value is -1.37.